The van der Waals surface area contributed by atoms with Crippen LogP contribution in [0.4, 0.5) is 10.5 Å². The maximum atomic E-state index is 12.8. The largest absolute Gasteiger partial charge is 0.497 e. The molecule has 0 radical (unpaired) electrons. The van der Waals surface area contributed by atoms with Crippen LogP contribution in [0.5, 0.6) is 5.75 Å². The van der Waals surface area contributed by atoms with Crippen LogP contribution in [0.1, 0.15) is 12.8 Å². The summed E-state index contributed by atoms with van der Waals surface area (Å²) in [5.41, 5.74) is 0.750. The minimum atomic E-state index is -3.44. The third-order valence-electron chi connectivity index (χ3n) is 5.85. The maximum absolute atomic E-state index is 12.8. The molecular formula is C21H25N3O4S. The van der Waals surface area contributed by atoms with E-state index in [0.29, 0.717) is 31.1 Å². The molecule has 29 heavy (non-hydrogen) atoms. The Kier molecular flexibility index (Phi) is 5.23. The normalized spacial score (nSPS) is 18.9. The van der Waals surface area contributed by atoms with E-state index in [1.165, 1.54) is 0 Å². The number of carbonyl (C=O) groups is 1. The highest BCUT2D eigenvalue weighted by Gasteiger charge is 2.48. The van der Waals surface area contributed by atoms with Gasteiger partial charge in [0.2, 0.25) is 10.0 Å². The van der Waals surface area contributed by atoms with E-state index in [1.807, 2.05) is 6.07 Å². The van der Waals surface area contributed by atoms with Crippen LogP contribution in [0.15, 0.2) is 59.5 Å². The summed E-state index contributed by atoms with van der Waals surface area (Å²) in [4.78, 5) is 14.6. The molecule has 0 saturated carbocycles. The molecule has 2 fully saturated rings. The van der Waals surface area contributed by atoms with Crippen molar-refractivity contribution in [3.8, 4) is 5.75 Å². The van der Waals surface area contributed by atoms with Gasteiger partial charge in [-0.3, -0.25) is 0 Å². The zero-order chi connectivity index (χ0) is 20.5. The van der Waals surface area contributed by atoms with Crippen molar-refractivity contribution in [1.82, 2.24) is 9.21 Å². The molecule has 0 aliphatic carbocycles. The summed E-state index contributed by atoms with van der Waals surface area (Å²) < 4.78 is 32.2. The number of methoxy groups -OCH3 is 1. The molecule has 1 spiro atoms. The fourth-order valence-corrected chi connectivity index (χ4v) is 5.51. The number of nitrogens with one attached hydrogen (secondary N) is 1. The van der Waals surface area contributed by atoms with Gasteiger partial charge in [0.25, 0.3) is 0 Å². The molecule has 0 aromatic heterocycles. The number of piperidine rings is 1. The fourth-order valence-electron chi connectivity index (χ4n) is 4.04. The number of hydrogen-bond donors (Lipinski definition) is 1. The predicted molar refractivity (Wildman–Crippen MR) is 110 cm³/mol. The van der Waals surface area contributed by atoms with E-state index >= 15 is 0 Å². The first-order chi connectivity index (χ1) is 13.9. The van der Waals surface area contributed by atoms with E-state index in [4.69, 9.17) is 4.74 Å². The van der Waals surface area contributed by atoms with Gasteiger partial charge in [-0.05, 0) is 49.2 Å². The Labute approximate surface area is 171 Å². The van der Waals surface area contributed by atoms with Crippen LogP contribution >= 0.6 is 0 Å². The predicted octanol–water partition coefficient (Wildman–Crippen LogP) is 3.01. The second-order valence-corrected chi connectivity index (χ2v) is 9.67. The van der Waals surface area contributed by atoms with Crippen LogP contribution in [0.2, 0.25) is 0 Å². The Morgan fingerprint density at radius 1 is 1.00 bits per heavy atom. The molecular weight excluding hydrogens is 390 g/mol. The number of carbonyl (C=O) groups excluding carboxylic acids is 1. The van der Waals surface area contributed by atoms with E-state index in [1.54, 1.807) is 64.8 Å². The van der Waals surface area contributed by atoms with Crippen molar-refractivity contribution in [2.45, 2.75) is 17.7 Å². The van der Waals surface area contributed by atoms with Gasteiger partial charge in [0.1, 0.15) is 5.75 Å². The van der Waals surface area contributed by atoms with Gasteiger partial charge < -0.3 is 15.0 Å². The van der Waals surface area contributed by atoms with Gasteiger partial charge in [-0.15, -0.1) is 0 Å². The van der Waals surface area contributed by atoms with E-state index < -0.39 is 10.0 Å². The zero-order valence-electron chi connectivity index (χ0n) is 16.4. The summed E-state index contributed by atoms with van der Waals surface area (Å²) in [6, 6.07) is 15.6. The summed E-state index contributed by atoms with van der Waals surface area (Å²) in [5.74, 6) is 0.739. The molecule has 2 heterocycles. The summed E-state index contributed by atoms with van der Waals surface area (Å²) in [7, 11) is -1.84. The molecule has 8 heteroatoms. The second-order valence-electron chi connectivity index (χ2n) is 7.73. The molecule has 0 unspecified atom stereocenters. The molecule has 2 amide bonds. The Balaban J connectivity index is 1.30. The highest BCUT2D eigenvalue weighted by Crippen LogP contribution is 2.41. The topological polar surface area (TPSA) is 79.0 Å². The number of amides is 2. The van der Waals surface area contributed by atoms with Crippen LogP contribution in [0, 0.1) is 5.41 Å². The highest BCUT2D eigenvalue weighted by molar-refractivity contribution is 7.89. The summed E-state index contributed by atoms with van der Waals surface area (Å²) in [6.45, 7) is 2.30. The van der Waals surface area contributed by atoms with Gasteiger partial charge in [0.05, 0.1) is 12.0 Å². The van der Waals surface area contributed by atoms with Crippen LogP contribution < -0.4 is 10.1 Å². The van der Waals surface area contributed by atoms with E-state index in [2.05, 4.69) is 5.32 Å². The minimum absolute atomic E-state index is 0.0277. The Bertz CT molecular complexity index is 961. The average molecular weight is 416 g/mol. The van der Waals surface area contributed by atoms with Crippen LogP contribution in [-0.2, 0) is 10.0 Å². The van der Waals surface area contributed by atoms with Crippen molar-refractivity contribution >= 4 is 21.7 Å². The number of likely N-dealkylation sites (tertiary alicyclic amines) is 1. The lowest BCUT2D eigenvalue weighted by molar-refractivity contribution is -0.00315. The number of hydrogen-bond acceptors (Lipinski definition) is 4. The summed E-state index contributed by atoms with van der Waals surface area (Å²) in [5, 5.41) is 2.90. The molecule has 2 aliphatic rings. The average Bonchev–Trinajstić information content (AvgIpc) is 2.73. The number of sulfonamides is 1. The van der Waals surface area contributed by atoms with Gasteiger partial charge in [-0.2, -0.15) is 4.31 Å². The standard InChI is InChI=1S/C21H25N3O4S/c1-28-18-9-7-17(8-10-18)22-20(25)23-15-21(16-23)11-13-24(14-12-21)29(26,27)19-5-3-2-4-6-19/h2-10H,11-16H2,1H3,(H,22,25). The first-order valence-corrected chi connectivity index (χ1v) is 11.1. The van der Waals surface area contributed by atoms with Crippen molar-refractivity contribution in [2.24, 2.45) is 5.41 Å². The number of benzene rings is 2. The lowest BCUT2D eigenvalue weighted by Gasteiger charge is -2.53. The molecule has 4 rings (SSSR count). The van der Waals surface area contributed by atoms with Crippen LogP contribution in [0.25, 0.3) is 0 Å². The number of urea groups is 1. The second kappa shape index (κ2) is 7.68. The van der Waals surface area contributed by atoms with Gasteiger partial charge in [0, 0.05) is 37.3 Å². The Morgan fingerprint density at radius 3 is 2.21 bits per heavy atom. The van der Waals surface area contributed by atoms with Crippen molar-refractivity contribution in [2.75, 3.05) is 38.6 Å². The van der Waals surface area contributed by atoms with Crippen LogP contribution in [-0.4, -0.2) is 56.9 Å². The Morgan fingerprint density at radius 2 is 1.62 bits per heavy atom. The summed E-state index contributed by atoms with van der Waals surface area (Å²) >= 11 is 0. The van der Waals surface area contributed by atoms with Gasteiger partial charge in [0.15, 0.2) is 0 Å². The van der Waals surface area contributed by atoms with Crippen LogP contribution in [0.3, 0.4) is 0 Å². The SMILES string of the molecule is COc1ccc(NC(=O)N2CC3(CCN(S(=O)(=O)c4ccccc4)CC3)C2)cc1. The molecule has 2 saturated heterocycles. The third kappa shape index (κ3) is 3.95. The van der Waals surface area contributed by atoms with Crippen molar-refractivity contribution in [3.05, 3.63) is 54.6 Å². The first kappa shape index (κ1) is 19.7. The lowest BCUT2D eigenvalue weighted by atomic mass is 9.72. The van der Waals surface area contributed by atoms with Crippen molar-refractivity contribution in [1.29, 1.82) is 0 Å². The molecule has 7 nitrogen and oxygen atoms in total. The molecule has 154 valence electrons. The molecule has 0 bridgehead atoms. The smallest absolute Gasteiger partial charge is 0.321 e. The molecule has 2 aliphatic heterocycles. The van der Waals surface area contributed by atoms with E-state index in [9.17, 15) is 13.2 Å². The molecule has 0 atom stereocenters. The molecule has 1 N–H and O–H groups in total. The van der Waals surface area contributed by atoms with E-state index in [0.717, 1.165) is 24.3 Å². The van der Waals surface area contributed by atoms with Crippen molar-refractivity contribution < 1.29 is 17.9 Å². The number of anilines is 1. The number of nitrogens with zero attached hydrogens (tertiary/aromatic N) is 2. The monoisotopic (exact) mass is 415 g/mol. The third-order valence-corrected chi connectivity index (χ3v) is 7.76. The summed E-state index contributed by atoms with van der Waals surface area (Å²) in [6.07, 6.45) is 1.54. The molecule has 2 aromatic rings. The zero-order valence-corrected chi connectivity index (χ0v) is 17.2. The lowest BCUT2D eigenvalue weighted by Crippen LogP contribution is -2.62. The Hall–Kier alpha value is -2.58. The van der Waals surface area contributed by atoms with Gasteiger partial charge in [-0.1, -0.05) is 18.2 Å². The quantitative estimate of drug-likeness (QED) is 0.833. The van der Waals surface area contributed by atoms with Gasteiger partial charge in [-0.25, -0.2) is 13.2 Å². The molecule has 2 aromatic carbocycles. The first-order valence-electron chi connectivity index (χ1n) is 9.67. The maximum Gasteiger partial charge on any atom is 0.321 e. The highest BCUT2D eigenvalue weighted by atomic mass is 32.2. The minimum Gasteiger partial charge on any atom is -0.497 e. The number of ether oxygens (including phenoxy) is 1. The van der Waals surface area contributed by atoms with Gasteiger partial charge >= 0.3 is 6.03 Å². The van der Waals surface area contributed by atoms with E-state index in [-0.39, 0.29) is 11.4 Å². The fraction of sp³-hybridized carbons (Fsp3) is 0.381. The number of rotatable bonds is 4. The van der Waals surface area contributed by atoms with Crippen molar-refractivity contribution in [3.63, 3.8) is 0 Å².